The first-order valence-electron chi connectivity index (χ1n) is 1.39. The molecule has 0 bridgehead atoms. The van der Waals surface area contributed by atoms with E-state index in [-0.39, 0.29) is 18.4 Å². The van der Waals surface area contributed by atoms with Gasteiger partial charge >= 0.3 is 0 Å². The molecule has 0 aliphatic carbocycles. The minimum Gasteiger partial charge on any atom is -0.369 e. The van der Waals surface area contributed by atoms with E-state index in [4.69, 9.17) is 11.5 Å². The quantitative estimate of drug-likeness (QED) is 0.109. The summed E-state index contributed by atoms with van der Waals surface area (Å²) in [6.45, 7) is 0. The number of hydrogen-bond acceptors (Lipinski definition) is 4. The van der Waals surface area contributed by atoms with Crippen molar-refractivity contribution in [3.05, 3.63) is 0 Å². The fourth-order valence-electron chi connectivity index (χ4n) is 0. The molecule has 52 valence electrons. The van der Waals surface area contributed by atoms with Gasteiger partial charge in [0.25, 0.3) is 0 Å². The predicted octanol–water partition coefficient (Wildman–Crippen LogP) is -2.63. The van der Waals surface area contributed by atoms with Crippen LogP contribution in [0.4, 0.5) is 0 Å². The summed E-state index contributed by atoms with van der Waals surface area (Å²) >= 11 is 0. The molecule has 0 aliphatic heterocycles. The molecule has 0 aromatic carbocycles. The van der Waals surface area contributed by atoms with Crippen molar-refractivity contribution in [3.63, 3.8) is 0 Å². The summed E-state index contributed by atoms with van der Waals surface area (Å²) in [5.74, 6) is 12.4. The highest BCUT2D eigenvalue weighted by Gasteiger charge is 1.62. The molecule has 0 saturated carbocycles. The Kier molecular flexibility index (Phi) is 31.9. The van der Waals surface area contributed by atoms with Crippen molar-refractivity contribution in [1.82, 2.24) is 0 Å². The van der Waals surface area contributed by atoms with Crippen LogP contribution < -0.4 is 29.0 Å². The van der Waals surface area contributed by atoms with Crippen LogP contribution in [0.5, 0.6) is 0 Å². The van der Waals surface area contributed by atoms with Crippen LogP contribution in [0.25, 0.3) is 0 Å². The third-order valence-electron chi connectivity index (χ3n) is 0.149. The molecule has 0 rings (SSSR count). The van der Waals surface area contributed by atoms with E-state index in [0.29, 0.717) is 0 Å². The SMILES string of the molecule is Cl.NN.NN=C(N)N. The maximum Gasteiger partial charge on any atom is 0.208 e. The van der Waals surface area contributed by atoms with Gasteiger partial charge in [-0.1, -0.05) is 0 Å². The minimum absolute atomic E-state index is 0. The molecule has 8 heavy (non-hydrogen) atoms. The summed E-state index contributed by atoms with van der Waals surface area (Å²) in [5.41, 5.74) is 9.39. The molecule has 0 spiro atoms. The van der Waals surface area contributed by atoms with Crippen molar-refractivity contribution in [2.75, 3.05) is 0 Å². The Bertz CT molecular complexity index is 46.5. The molecule has 0 heterocycles. The zero-order valence-corrected chi connectivity index (χ0v) is 5.06. The number of hydrazine groups is 1. The van der Waals surface area contributed by atoms with Gasteiger partial charge in [0.1, 0.15) is 0 Å². The number of guanidine groups is 1. The summed E-state index contributed by atoms with van der Waals surface area (Å²) in [5, 5.41) is 2.86. The lowest BCUT2D eigenvalue weighted by atomic mass is 11.1. The molecular formula is CH11ClN6. The standard InChI is InChI=1S/CH6N4.ClH.H4N2/c2-1(3)5-4;;1-2/h4H2,(H4,2,3,5);1H;1-2H2. The van der Waals surface area contributed by atoms with E-state index in [1.165, 1.54) is 0 Å². The van der Waals surface area contributed by atoms with E-state index >= 15 is 0 Å². The number of hydrazone groups is 1. The number of nitrogens with zero attached hydrogens (tertiary/aromatic N) is 1. The van der Waals surface area contributed by atoms with Gasteiger partial charge in [-0.05, 0) is 0 Å². The van der Waals surface area contributed by atoms with Gasteiger partial charge in [-0.15, -0.1) is 17.5 Å². The lowest BCUT2D eigenvalue weighted by Gasteiger charge is -1.76. The zero-order valence-electron chi connectivity index (χ0n) is 4.24. The molecule has 0 aromatic rings. The van der Waals surface area contributed by atoms with Crippen LogP contribution >= 0.6 is 12.4 Å². The third-order valence-corrected chi connectivity index (χ3v) is 0.149. The molecular weight excluding hydrogens is 132 g/mol. The molecule has 0 unspecified atom stereocenters. The van der Waals surface area contributed by atoms with Gasteiger partial charge in [0.15, 0.2) is 0 Å². The first-order valence-corrected chi connectivity index (χ1v) is 1.39. The predicted molar refractivity (Wildman–Crippen MR) is 35.6 cm³/mol. The fraction of sp³-hybridized carbons (Fsp3) is 0. The smallest absolute Gasteiger partial charge is 0.208 e. The van der Waals surface area contributed by atoms with Crippen molar-refractivity contribution in [1.29, 1.82) is 0 Å². The van der Waals surface area contributed by atoms with Gasteiger partial charge in [0.05, 0.1) is 0 Å². The molecule has 0 saturated heterocycles. The molecule has 0 aromatic heterocycles. The maximum absolute atomic E-state index is 4.69. The Balaban J connectivity index is -0.0000000750. The number of rotatable bonds is 0. The topological polar surface area (TPSA) is 142 Å². The highest BCUT2D eigenvalue weighted by atomic mass is 35.5. The van der Waals surface area contributed by atoms with E-state index in [1.807, 2.05) is 0 Å². The van der Waals surface area contributed by atoms with E-state index in [0.717, 1.165) is 0 Å². The van der Waals surface area contributed by atoms with Crippen molar-refractivity contribution in [2.24, 2.45) is 34.1 Å². The number of halogens is 1. The van der Waals surface area contributed by atoms with Crippen LogP contribution in [0.3, 0.4) is 0 Å². The van der Waals surface area contributed by atoms with Crippen LogP contribution in [0.15, 0.2) is 5.10 Å². The Morgan fingerprint density at radius 2 is 1.25 bits per heavy atom. The molecule has 10 N–H and O–H groups in total. The number of nitrogens with two attached hydrogens (primary N) is 5. The van der Waals surface area contributed by atoms with Gasteiger partial charge in [-0.2, -0.15) is 0 Å². The third kappa shape index (κ3) is 59.0. The minimum atomic E-state index is -0.0926. The second-order valence-corrected chi connectivity index (χ2v) is 0.554. The van der Waals surface area contributed by atoms with Gasteiger partial charge < -0.3 is 17.3 Å². The normalized spacial score (nSPS) is 4.75. The first kappa shape index (κ1) is 15.7. The van der Waals surface area contributed by atoms with Gasteiger partial charge in [-0.3, -0.25) is 11.7 Å². The van der Waals surface area contributed by atoms with Crippen LogP contribution in [-0.4, -0.2) is 5.96 Å². The second kappa shape index (κ2) is 16.3. The highest BCUT2D eigenvalue weighted by Crippen LogP contribution is 1.31. The molecule has 7 heteroatoms. The van der Waals surface area contributed by atoms with E-state index in [1.54, 1.807) is 0 Å². The average molecular weight is 143 g/mol. The Hall–Kier alpha value is -0.720. The lowest BCUT2D eigenvalue weighted by Crippen LogP contribution is -2.23. The highest BCUT2D eigenvalue weighted by molar-refractivity contribution is 5.85. The van der Waals surface area contributed by atoms with Crippen LogP contribution in [0.1, 0.15) is 0 Å². The van der Waals surface area contributed by atoms with Crippen molar-refractivity contribution in [3.8, 4) is 0 Å². The van der Waals surface area contributed by atoms with Crippen LogP contribution in [0.2, 0.25) is 0 Å². The Morgan fingerprint density at radius 3 is 1.25 bits per heavy atom. The lowest BCUT2D eigenvalue weighted by molar-refractivity contribution is 1.21. The van der Waals surface area contributed by atoms with Gasteiger partial charge in [0.2, 0.25) is 5.96 Å². The van der Waals surface area contributed by atoms with Crippen LogP contribution in [0, 0.1) is 0 Å². The van der Waals surface area contributed by atoms with Crippen molar-refractivity contribution < 1.29 is 0 Å². The molecule has 0 amide bonds. The van der Waals surface area contributed by atoms with E-state index < -0.39 is 0 Å². The number of hydrogen-bond donors (Lipinski definition) is 5. The van der Waals surface area contributed by atoms with Gasteiger partial charge in [-0.25, -0.2) is 0 Å². The summed E-state index contributed by atoms with van der Waals surface area (Å²) in [6, 6.07) is 0. The largest absolute Gasteiger partial charge is 0.369 e. The molecule has 0 radical (unpaired) electrons. The van der Waals surface area contributed by atoms with Crippen LogP contribution in [-0.2, 0) is 0 Å². The fourth-order valence-corrected chi connectivity index (χ4v) is 0. The zero-order chi connectivity index (χ0) is 6.28. The summed E-state index contributed by atoms with van der Waals surface area (Å²) in [6.07, 6.45) is 0. The van der Waals surface area contributed by atoms with Gasteiger partial charge in [0, 0.05) is 0 Å². The Morgan fingerprint density at radius 1 is 1.12 bits per heavy atom. The molecule has 0 aliphatic rings. The second-order valence-electron chi connectivity index (χ2n) is 0.554. The van der Waals surface area contributed by atoms with Crippen molar-refractivity contribution >= 4 is 18.4 Å². The summed E-state index contributed by atoms with van der Waals surface area (Å²) < 4.78 is 0. The summed E-state index contributed by atoms with van der Waals surface area (Å²) in [7, 11) is 0. The molecule has 0 atom stereocenters. The monoisotopic (exact) mass is 142 g/mol. The average Bonchev–Trinajstić information content (AvgIpc) is 1.73. The summed E-state index contributed by atoms with van der Waals surface area (Å²) in [4.78, 5) is 0. The first-order chi connectivity index (χ1) is 3.27. The Labute approximate surface area is 53.4 Å². The maximum atomic E-state index is 4.69. The molecule has 6 nitrogen and oxygen atoms in total. The van der Waals surface area contributed by atoms with E-state index in [9.17, 15) is 0 Å². The van der Waals surface area contributed by atoms with E-state index in [2.05, 4.69) is 22.6 Å². The van der Waals surface area contributed by atoms with Crippen molar-refractivity contribution in [2.45, 2.75) is 0 Å². The molecule has 0 fully saturated rings.